The van der Waals surface area contributed by atoms with Crippen LogP contribution < -0.4 is 11.5 Å². The molecule has 0 radical (unpaired) electrons. The highest BCUT2D eigenvalue weighted by Crippen LogP contribution is 2.04. The van der Waals surface area contributed by atoms with Crippen molar-refractivity contribution in [3.8, 4) is 0 Å². The Kier molecular flexibility index (Phi) is 10.3. The Bertz CT molecular complexity index is 377. The van der Waals surface area contributed by atoms with E-state index in [-0.39, 0.29) is 0 Å². The van der Waals surface area contributed by atoms with Gasteiger partial charge >= 0.3 is 12.2 Å². The monoisotopic (exact) mass is 336 g/mol. The molecule has 0 aliphatic rings. The van der Waals surface area contributed by atoms with Gasteiger partial charge in [0.2, 0.25) is 0 Å². The summed E-state index contributed by atoms with van der Waals surface area (Å²) >= 11 is 3.19. The summed E-state index contributed by atoms with van der Waals surface area (Å²) in [6.45, 7) is 5.28. The van der Waals surface area contributed by atoms with Crippen LogP contribution in [0, 0.1) is 0 Å². The molecule has 8 nitrogen and oxygen atoms in total. The van der Waals surface area contributed by atoms with Crippen LogP contribution in [0.4, 0.5) is 9.59 Å². The van der Waals surface area contributed by atoms with Crippen LogP contribution in [0.5, 0.6) is 0 Å². The van der Waals surface area contributed by atoms with Crippen molar-refractivity contribution < 1.29 is 19.4 Å². The molecule has 0 bridgehead atoms. The largest absolute Gasteiger partial charge is 0.465 e. The highest BCUT2D eigenvalue weighted by Gasteiger charge is 2.12. The zero-order valence-corrected chi connectivity index (χ0v) is 12.4. The van der Waals surface area contributed by atoms with Crippen LogP contribution in [0.25, 0.3) is 0 Å². The number of rotatable bonds is 0. The van der Waals surface area contributed by atoms with E-state index in [1.807, 2.05) is 0 Å². The molecule has 0 aliphatic heterocycles. The van der Waals surface area contributed by atoms with Crippen LogP contribution in [0.1, 0.15) is 20.8 Å². The van der Waals surface area contributed by atoms with Crippen LogP contribution in [-0.4, -0.2) is 32.9 Å². The lowest BCUT2D eigenvalue weighted by molar-refractivity contribution is 0.0600. The topological polar surface area (TPSA) is 141 Å². The van der Waals surface area contributed by atoms with Crippen molar-refractivity contribution in [2.75, 3.05) is 0 Å². The smallest absolute Gasteiger partial charge is 0.405 e. The Morgan fingerprint density at radius 2 is 1.63 bits per heavy atom. The number of amides is 2. The van der Waals surface area contributed by atoms with E-state index in [4.69, 9.17) is 15.6 Å². The number of halogens is 1. The summed E-state index contributed by atoms with van der Waals surface area (Å²) in [6.07, 6.45) is 2.81. The lowest BCUT2D eigenvalue weighted by atomic mass is 10.2. The molecule has 0 fully saturated rings. The molecule has 1 heterocycles. The Morgan fingerprint density at radius 3 is 1.74 bits per heavy atom. The highest BCUT2D eigenvalue weighted by atomic mass is 79.9. The Labute approximate surface area is 119 Å². The molecule has 2 amide bonds. The molecule has 1 aromatic heterocycles. The summed E-state index contributed by atoms with van der Waals surface area (Å²) in [7, 11) is 0. The lowest BCUT2D eigenvalue weighted by Gasteiger charge is -2.16. The van der Waals surface area contributed by atoms with Crippen LogP contribution in [0.15, 0.2) is 23.2 Å². The maximum atomic E-state index is 10.0. The summed E-state index contributed by atoms with van der Waals surface area (Å²) < 4.78 is 5.49. The average molecular weight is 337 g/mol. The quantitative estimate of drug-likeness (QED) is 0.658. The molecule has 0 saturated heterocycles. The summed E-state index contributed by atoms with van der Waals surface area (Å²) in [5, 5.41) is 7.19. The first kappa shape index (κ1) is 19.4. The third-order valence-electron chi connectivity index (χ3n) is 0.936. The van der Waals surface area contributed by atoms with Gasteiger partial charge in [0.15, 0.2) is 0 Å². The van der Waals surface area contributed by atoms with Gasteiger partial charge < -0.3 is 21.3 Å². The molecule has 1 aromatic rings. The Hall–Kier alpha value is -1.90. The fraction of sp³-hybridized carbons (Fsp3) is 0.400. The molecular formula is C10H17BrN4O4. The number of carbonyl (C=O) groups excluding carboxylic acids is 1. The van der Waals surface area contributed by atoms with Crippen molar-refractivity contribution in [2.45, 2.75) is 26.4 Å². The van der Waals surface area contributed by atoms with Crippen molar-refractivity contribution in [1.82, 2.24) is 9.97 Å². The van der Waals surface area contributed by atoms with E-state index in [2.05, 4.69) is 36.4 Å². The molecule has 108 valence electrons. The van der Waals surface area contributed by atoms with Gasteiger partial charge in [0, 0.05) is 12.4 Å². The maximum absolute atomic E-state index is 10.0. The summed E-state index contributed by atoms with van der Waals surface area (Å²) in [5.41, 5.74) is 8.29. The molecule has 0 atom stereocenters. The first-order valence-corrected chi connectivity index (χ1v) is 5.71. The SMILES string of the molecule is Brc1cncnc1.CC(C)(C)OC(N)=O.NC(=O)O. The van der Waals surface area contributed by atoms with E-state index < -0.39 is 17.8 Å². The molecule has 0 aromatic carbocycles. The molecule has 0 saturated carbocycles. The van der Waals surface area contributed by atoms with Gasteiger partial charge in [-0.3, -0.25) is 0 Å². The molecule has 1 rings (SSSR count). The zero-order valence-electron chi connectivity index (χ0n) is 10.8. The highest BCUT2D eigenvalue weighted by molar-refractivity contribution is 9.10. The third-order valence-corrected chi connectivity index (χ3v) is 1.35. The molecule has 0 aliphatic carbocycles. The van der Waals surface area contributed by atoms with Gasteiger partial charge in [-0.2, -0.15) is 0 Å². The molecule has 5 N–H and O–H groups in total. The Morgan fingerprint density at radius 1 is 1.26 bits per heavy atom. The van der Waals surface area contributed by atoms with Crippen molar-refractivity contribution >= 4 is 28.1 Å². The van der Waals surface area contributed by atoms with Gasteiger partial charge in [-0.1, -0.05) is 0 Å². The Balaban J connectivity index is 0. The normalized spacial score (nSPS) is 9.05. The standard InChI is InChI=1S/C5H11NO2.C4H3BrN2.CH3NO2/c1-5(2,3)8-4(6)7;5-4-1-6-3-7-2-4;2-1(3)4/h1-3H3,(H2,6,7);1-3H;2H2,(H,3,4). The van der Waals surface area contributed by atoms with Crippen LogP contribution in [0.3, 0.4) is 0 Å². The predicted molar refractivity (Wildman–Crippen MR) is 72.4 cm³/mol. The van der Waals surface area contributed by atoms with E-state index in [0.717, 1.165) is 4.47 Å². The molecule has 9 heteroatoms. The zero-order chi connectivity index (χ0) is 15.5. The van der Waals surface area contributed by atoms with Crippen LogP contribution >= 0.6 is 15.9 Å². The molecule has 0 spiro atoms. The van der Waals surface area contributed by atoms with Gasteiger partial charge in [-0.05, 0) is 36.7 Å². The predicted octanol–water partition coefficient (Wildman–Crippen LogP) is 1.74. The maximum Gasteiger partial charge on any atom is 0.405 e. The van der Waals surface area contributed by atoms with Crippen molar-refractivity contribution in [1.29, 1.82) is 0 Å². The number of carboxylic acid groups (broad SMARTS) is 1. The number of nitrogens with zero attached hydrogens (tertiary/aromatic N) is 2. The number of hydrogen-bond donors (Lipinski definition) is 3. The van der Waals surface area contributed by atoms with Crippen LogP contribution in [-0.2, 0) is 4.74 Å². The number of carbonyl (C=O) groups is 2. The second-order valence-electron chi connectivity index (χ2n) is 3.93. The van der Waals surface area contributed by atoms with Crippen molar-refractivity contribution in [2.24, 2.45) is 11.5 Å². The molecular weight excluding hydrogens is 320 g/mol. The molecule has 19 heavy (non-hydrogen) atoms. The second kappa shape index (κ2) is 10.1. The fourth-order valence-electron chi connectivity index (χ4n) is 0.583. The number of hydrogen-bond acceptors (Lipinski definition) is 5. The number of primary amides is 2. The summed E-state index contributed by atoms with van der Waals surface area (Å²) in [5.74, 6) is 0. The lowest BCUT2D eigenvalue weighted by Crippen LogP contribution is -2.27. The average Bonchev–Trinajstić information content (AvgIpc) is 2.14. The van der Waals surface area contributed by atoms with Gasteiger partial charge in [-0.25, -0.2) is 19.6 Å². The summed E-state index contributed by atoms with van der Waals surface area (Å²) in [4.78, 5) is 26.2. The van der Waals surface area contributed by atoms with Crippen LogP contribution in [0.2, 0.25) is 0 Å². The van der Waals surface area contributed by atoms with E-state index in [1.165, 1.54) is 6.33 Å². The fourth-order valence-corrected chi connectivity index (χ4v) is 0.819. The number of ether oxygens (including phenoxy) is 1. The van der Waals surface area contributed by atoms with E-state index in [1.54, 1.807) is 33.2 Å². The number of aromatic nitrogens is 2. The van der Waals surface area contributed by atoms with Crippen molar-refractivity contribution in [3.63, 3.8) is 0 Å². The molecule has 0 unspecified atom stereocenters. The minimum absolute atomic E-state index is 0.453. The van der Waals surface area contributed by atoms with E-state index in [9.17, 15) is 4.79 Å². The minimum Gasteiger partial charge on any atom is -0.465 e. The van der Waals surface area contributed by atoms with E-state index in [0.29, 0.717) is 0 Å². The second-order valence-corrected chi connectivity index (χ2v) is 4.84. The van der Waals surface area contributed by atoms with Gasteiger partial charge in [0.05, 0.1) is 4.47 Å². The van der Waals surface area contributed by atoms with Crippen molar-refractivity contribution in [3.05, 3.63) is 23.2 Å². The van der Waals surface area contributed by atoms with Gasteiger partial charge in [0.25, 0.3) is 0 Å². The van der Waals surface area contributed by atoms with E-state index >= 15 is 0 Å². The first-order chi connectivity index (χ1) is 8.54. The number of nitrogens with two attached hydrogens (primary N) is 2. The summed E-state index contributed by atoms with van der Waals surface area (Å²) in [6, 6.07) is 0. The third kappa shape index (κ3) is 26.0. The van der Waals surface area contributed by atoms with Gasteiger partial charge in [-0.15, -0.1) is 0 Å². The first-order valence-electron chi connectivity index (χ1n) is 4.92. The van der Waals surface area contributed by atoms with Gasteiger partial charge in [0.1, 0.15) is 11.9 Å². The minimum atomic E-state index is -1.33.